The van der Waals surface area contributed by atoms with Crippen LogP contribution in [0, 0.1) is 13.8 Å². The number of hydrogen-bond donors (Lipinski definition) is 2. The largest absolute Gasteiger partial charge is 0.378 e. The van der Waals surface area contributed by atoms with Crippen molar-refractivity contribution in [3.8, 4) is 0 Å². The van der Waals surface area contributed by atoms with Crippen LogP contribution in [0.1, 0.15) is 29.7 Å². The Bertz CT molecular complexity index is 459. The average molecular weight is 299 g/mol. The van der Waals surface area contributed by atoms with Crippen LogP contribution in [0.4, 0.5) is 0 Å². The third-order valence-corrected chi connectivity index (χ3v) is 3.49. The van der Waals surface area contributed by atoms with E-state index in [1.54, 1.807) is 0 Å². The van der Waals surface area contributed by atoms with Gasteiger partial charge in [-0.25, -0.2) is 0 Å². The quantitative estimate of drug-likeness (QED) is 0.896. The van der Waals surface area contributed by atoms with Crippen molar-refractivity contribution < 1.29 is 9.53 Å². The second-order valence-electron chi connectivity index (χ2n) is 5.17. The Labute approximate surface area is 126 Å². The molecule has 1 aromatic carbocycles. The van der Waals surface area contributed by atoms with E-state index in [-0.39, 0.29) is 30.4 Å². The Kier molecular flexibility index (Phi) is 6.46. The number of rotatable bonds is 3. The normalized spacial score (nSPS) is 19.9. The first-order valence-corrected chi connectivity index (χ1v) is 6.76. The fourth-order valence-electron chi connectivity index (χ4n) is 2.44. The molecule has 2 unspecified atom stereocenters. The molecule has 0 aliphatic carbocycles. The lowest BCUT2D eigenvalue weighted by Gasteiger charge is -2.25. The lowest BCUT2D eigenvalue weighted by atomic mass is 10.00. The van der Waals surface area contributed by atoms with Gasteiger partial charge in [0.25, 0.3) is 0 Å². The molecule has 2 N–H and O–H groups in total. The predicted molar refractivity (Wildman–Crippen MR) is 82.3 cm³/mol. The molecule has 1 saturated heterocycles. The van der Waals surface area contributed by atoms with Crippen LogP contribution in [-0.4, -0.2) is 31.7 Å². The molecule has 0 bridgehead atoms. The molecule has 0 spiro atoms. The zero-order valence-electron chi connectivity index (χ0n) is 12.2. The van der Waals surface area contributed by atoms with Gasteiger partial charge >= 0.3 is 0 Å². The van der Waals surface area contributed by atoms with E-state index < -0.39 is 0 Å². The predicted octanol–water partition coefficient (Wildman–Crippen LogP) is 1.89. The number of carbonyl (C=O) groups excluding carboxylic acids is 1. The molecule has 0 saturated carbocycles. The van der Waals surface area contributed by atoms with Gasteiger partial charge in [-0.15, -0.1) is 12.4 Å². The van der Waals surface area contributed by atoms with Crippen LogP contribution in [-0.2, 0) is 9.53 Å². The monoisotopic (exact) mass is 298 g/mol. The summed E-state index contributed by atoms with van der Waals surface area (Å²) in [7, 11) is 0. The molecule has 4 nitrogen and oxygen atoms in total. The molecular formula is C15H23ClN2O2. The number of morpholine rings is 1. The third kappa shape index (κ3) is 4.20. The Hall–Kier alpha value is -1.10. The highest BCUT2D eigenvalue weighted by Crippen LogP contribution is 2.18. The molecule has 2 atom stereocenters. The number of halogens is 1. The van der Waals surface area contributed by atoms with Crippen LogP contribution in [0.25, 0.3) is 0 Å². The molecule has 1 aliphatic rings. The molecule has 1 aromatic rings. The van der Waals surface area contributed by atoms with Gasteiger partial charge in [0, 0.05) is 6.54 Å². The summed E-state index contributed by atoms with van der Waals surface area (Å²) in [4.78, 5) is 12.1. The van der Waals surface area contributed by atoms with E-state index in [9.17, 15) is 4.79 Å². The first-order chi connectivity index (χ1) is 9.08. The lowest BCUT2D eigenvalue weighted by Crippen LogP contribution is -2.51. The molecule has 1 aliphatic heterocycles. The van der Waals surface area contributed by atoms with E-state index in [0.717, 1.165) is 12.1 Å². The van der Waals surface area contributed by atoms with E-state index in [1.165, 1.54) is 11.1 Å². The number of aryl methyl sites for hydroxylation is 2. The van der Waals surface area contributed by atoms with Crippen molar-refractivity contribution in [2.45, 2.75) is 32.9 Å². The van der Waals surface area contributed by atoms with Gasteiger partial charge in [0.2, 0.25) is 5.91 Å². The van der Waals surface area contributed by atoms with Crippen molar-refractivity contribution in [3.05, 3.63) is 34.9 Å². The fraction of sp³-hybridized carbons (Fsp3) is 0.533. The molecule has 112 valence electrons. The molecule has 0 radical (unpaired) electrons. The fourth-order valence-corrected chi connectivity index (χ4v) is 2.44. The van der Waals surface area contributed by atoms with E-state index >= 15 is 0 Å². The third-order valence-electron chi connectivity index (χ3n) is 3.49. The minimum Gasteiger partial charge on any atom is -0.378 e. The molecule has 1 amide bonds. The minimum absolute atomic E-state index is 0. The summed E-state index contributed by atoms with van der Waals surface area (Å²) in [6.45, 7) is 8.02. The number of ether oxygens (including phenoxy) is 1. The van der Waals surface area contributed by atoms with Crippen LogP contribution in [0.3, 0.4) is 0 Å². The molecule has 5 heteroatoms. The van der Waals surface area contributed by atoms with Crippen LogP contribution in [0.2, 0.25) is 0 Å². The first-order valence-electron chi connectivity index (χ1n) is 6.76. The summed E-state index contributed by atoms with van der Waals surface area (Å²) in [5, 5.41) is 6.21. The standard InChI is InChI=1S/C15H22N2O2.ClH/c1-10-4-5-13(11(2)8-10)12(3)17-15(18)14-9-19-7-6-16-14;/h4-5,8,12,14,16H,6-7,9H2,1-3H3,(H,17,18);1H. The summed E-state index contributed by atoms with van der Waals surface area (Å²) >= 11 is 0. The Morgan fingerprint density at radius 3 is 2.80 bits per heavy atom. The number of carbonyl (C=O) groups is 1. The number of benzene rings is 1. The zero-order valence-corrected chi connectivity index (χ0v) is 13.0. The number of nitrogens with one attached hydrogen (secondary N) is 2. The molecule has 0 aromatic heterocycles. The Morgan fingerprint density at radius 1 is 1.45 bits per heavy atom. The van der Waals surface area contributed by atoms with Gasteiger partial charge < -0.3 is 15.4 Å². The van der Waals surface area contributed by atoms with Gasteiger partial charge in [-0.2, -0.15) is 0 Å². The van der Waals surface area contributed by atoms with Crippen molar-refractivity contribution in [2.24, 2.45) is 0 Å². The summed E-state index contributed by atoms with van der Waals surface area (Å²) in [6.07, 6.45) is 0. The highest BCUT2D eigenvalue weighted by Gasteiger charge is 2.23. The smallest absolute Gasteiger partial charge is 0.240 e. The average Bonchev–Trinajstić information content (AvgIpc) is 2.39. The van der Waals surface area contributed by atoms with Crippen molar-refractivity contribution in [2.75, 3.05) is 19.8 Å². The summed E-state index contributed by atoms with van der Waals surface area (Å²) in [6, 6.07) is 6.08. The Balaban J connectivity index is 0.00000200. The molecule has 20 heavy (non-hydrogen) atoms. The van der Waals surface area contributed by atoms with E-state index in [4.69, 9.17) is 4.74 Å². The summed E-state index contributed by atoms with van der Waals surface area (Å²) in [5.74, 6) is 0.00664. The minimum atomic E-state index is -0.234. The maximum Gasteiger partial charge on any atom is 0.240 e. The summed E-state index contributed by atoms with van der Waals surface area (Å²) in [5.41, 5.74) is 3.61. The first kappa shape index (κ1) is 17.0. The van der Waals surface area contributed by atoms with Gasteiger partial charge in [-0.1, -0.05) is 23.8 Å². The van der Waals surface area contributed by atoms with Gasteiger partial charge in [0.1, 0.15) is 6.04 Å². The van der Waals surface area contributed by atoms with Gasteiger partial charge in [-0.3, -0.25) is 4.79 Å². The second kappa shape index (κ2) is 7.62. The summed E-state index contributed by atoms with van der Waals surface area (Å²) < 4.78 is 5.31. The van der Waals surface area contributed by atoms with Gasteiger partial charge in [-0.05, 0) is 31.9 Å². The van der Waals surface area contributed by atoms with Crippen molar-refractivity contribution >= 4 is 18.3 Å². The second-order valence-corrected chi connectivity index (χ2v) is 5.17. The SMILES string of the molecule is Cc1ccc(C(C)NC(=O)C2COCCN2)c(C)c1.Cl. The highest BCUT2D eigenvalue weighted by molar-refractivity contribution is 5.85. The van der Waals surface area contributed by atoms with E-state index in [1.807, 2.05) is 6.92 Å². The van der Waals surface area contributed by atoms with Crippen molar-refractivity contribution in [1.29, 1.82) is 0 Å². The topological polar surface area (TPSA) is 50.4 Å². The van der Waals surface area contributed by atoms with Gasteiger partial charge in [0.15, 0.2) is 0 Å². The van der Waals surface area contributed by atoms with Crippen LogP contribution >= 0.6 is 12.4 Å². The van der Waals surface area contributed by atoms with Crippen LogP contribution < -0.4 is 10.6 Å². The maximum atomic E-state index is 12.1. The van der Waals surface area contributed by atoms with Crippen LogP contribution in [0.15, 0.2) is 18.2 Å². The van der Waals surface area contributed by atoms with Crippen molar-refractivity contribution in [1.82, 2.24) is 10.6 Å². The van der Waals surface area contributed by atoms with Gasteiger partial charge in [0.05, 0.1) is 19.3 Å². The maximum absolute atomic E-state index is 12.1. The number of amides is 1. The highest BCUT2D eigenvalue weighted by atomic mass is 35.5. The molecular weight excluding hydrogens is 276 g/mol. The van der Waals surface area contributed by atoms with Crippen molar-refractivity contribution in [3.63, 3.8) is 0 Å². The van der Waals surface area contributed by atoms with E-state index in [2.05, 4.69) is 42.7 Å². The molecule has 1 fully saturated rings. The van der Waals surface area contributed by atoms with E-state index in [0.29, 0.717) is 13.2 Å². The molecule has 2 rings (SSSR count). The lowest BCUT2D eigenvalue weighted by molar-refractivity contribution is -0.126. The number of hydrogen-bond acceptors (Lipinski definition) is 3. The molecule has 1 heterocycles. The Morgan fingerprint density at radius 2 is 2.20 bits per heavy atom. The van der Waals surface area contributed by atoms with Crippen LogP contribution in [0.5, 0.6) is 0 Å². The zero-order chi connectivity index (χ0) is 13.8.